The second-order valence-corrected chi connectivity index (χ2v) is 6.50. The lowest BCUT2D eigenvalue weighted by Gasteiger charge is -2.34. The summed E-state index contributed by atoms with van der Waals surface area (Å²) in [5.74, 6) is -0.311. The van der Waals surface area contributed by atoms with Crippen molar-refractivity contribution in [3.8, 4) is 0 Å². The van der Waals surface area contributed by atoms with Crippen LogP contribution in [0.4, 0.5) is 13.2 Å². The predicted molar refractivity (Wildman–Crippen MR) is 76.2 cm³/mol. The number of aliphatic hydroxyl groups excluding tert-OH is 1. The van der Waals surface area contributed by atoms with Crippen LogP contribution in [0.25, 0.3) is 0 Å². The Kier molecular flexibility index (Phi) is 6.09. The quantitative estimate of drug-likeness (QED) is 0.833. The van der Waals surface area contributed by atoms with Crippen LogP contribution in [-0.4, -0.2) is 53.9 Å². The van der Waals surface area contributed by atoms with Crippen LogP contribution in [-0.2, 0) is 4.79 Å². The number of amides is 1. The number of alkyl halides is 3. The third-order valence-corrected chi connectivity index (χ3v) is 4.64. The van der Waals surface area contributed by atoms with Gasteiger partial charge in [0.15, 0.2) is 6.10 Å². The fourth-order valence-corrected chi connectivity index (χ4v) is 3.35. The molecule has 2 fully saturated rings. The Balaban J connectivity index is 1.80. The largest absolute Gasteiger partial charge is 0.415 e. The van der Waals surface area contributed by atoms with E-state index in [1.165, 1.54) is 6.42 Å². The summed E-state index contributed by atoms with van der Waals surface area (Å²) in [5, 5.41) is 12.2. The van der Waals surface area contributed by atoms with E-state index in [9.17, 15) is 18.0 Å². The van der Waals surface area contributed by atoms with Crippen molar-refractivity contribution in [3.05, 3.63) is 0 Å². The molecule has 1 aliphatic heterocycles. The highest BCUT2D eigenvalue weighted by molar-refractivity contribution is 5.79. The molecule has 0 radical (unpaired) electrons. The highest BCUT2D eigenvalue weighted by Gasteiger charge is 2.40. The van der Waals surface area contributed by atoms with Crippen LogP contribution >= 0.6 is 0 Å². The van der Waals surface area contributed by atoms with Gasteiger partial charge in [-0.1, -0.05) is 19.3 Å². The number of hydrogen-bond acceptors (Lipinski definition) is 3. The average Bonchev–Trinajstić information content (AvgIpc) is 2.47. The van der Waals surface area contributed by atoms with E-state index in [1.807, 2.05) is 0 Å². The zero-order valence-electron chi connectivity index (χ0n) is 12.7. The van der Waals surface area contributed by atoms with E-state index in [2.05, 4.69) is 5.32 Å². The zero-order valence-corrected chi connectivity index (χ0v) is 12.7. The minimum Gasteiger partial charge on any atom is -0.382 e. The minimum absolute atomic E-state index is 0.0434. The summed E-state index contributed by atoms with van der Waals surface area (Å²) in [5.41, 5.74) is 0. The summed E-state index contributed by atoms with van der Waals surface area (Å²) < 4.78 is 37.2. The standard InChI is InChI=1S/C15H25F3N2O2/c16-15(17,18)13(21)10-20-8-4-5-11(9-20)14(22)19-12-6-2-1-3-7-12/h11-13,21H,1-10H2,(H,19,22). The van der Waals surface area contributed by atoms with Gasteiger partial charge in [0.2, 0.25) is 5.91 Å². The molecule has 0 bridgehead atoms. The number of carbonyl (C=O) groups excluding carboxylic acids is 1. The van der Waals surface area contributed by atoms with Crippen molar-refractivity contribution in [1.82, 2.24) is 10.2 Å². The summed E-state index contributed by atoms with van der Waals surface area (Å²) in [6.45, 7) is 0.350. The molecule has 128 valence electrons. The lowest BCUT2D eigenvalue weighted by Crippen LogP contribution is -2.49. The molecule has 7 heteroatoms. The Morgan fingerprint density at radius 2 is 1.86 bits per heavy atom. The van der Waals surface area contributed by atoms with Gasteiger partial charge in [-0.25, -0.2) is 0 Å². The molecule has 4 nitrogen and oxygen atoms in total. The number of piperidine rings is 1. The first-order chi connectivity index (χ1) is 10.4. The first-order valence-electron chi connectivity index (χ1n) is 8.14. The third-order valence-electron chi connectivity index (χ3n) is 4.64. The number of β-amino-alcohol motifs (C(OH)–C–C–N with tert-alkyl or cyclic N) is 1. The minimum atomic E-state index is -4.60. The van der Waals surface area contributed by atoms with E-state index in [0.717, 1.165) is 25.7 Å². The predicted octanol–water partition coefficient (Wildman–Crippen LogP) is 2.07. The number of hydrogen-bond donors (Lipinski definition) is 2. The molecule has 2 N–H and O–H groups in total. The van der Waals surface area contributed by atoms with E-state index in [-0.39, 0.29) is 17.9 Å². The molecule has 0 spiro atoms. The van der Waals surface area contributed by atoms with Gasteiger partial charge in [0.25, 0.3) is 0 Å². The molecule has 1 amide bonds. The van der Waals surface area contributed by atoms with Crippen molar-refractivity contribution < 1.29 is 23.1 Å². The monoisotopic (exact) mass is 322 g/mol. The Bertz CT molecular complexity index is 370. The average molecular weight is 322 g/mol. The summed E-state index contributed by atoms with van der Waals surface area (Å²) in [6, 6.07) is 0.220. The number of aliphatic hydroxyl groups is 1. The normalized spacial score (nSPS) is 26.6. The number of rotatable bonds is 4. The van der Waals surface area contributed by atoms with Crippen LogP contribution < -0.4 is 5.32 Å². The summed E-state index contributed by atoms with van der Waals surface area (Å²) in [4.78, 5) is 13.8. The van der Waals surface area contributed by atoms with E-state index >= 15 is 0 Å². The molecule has 2 atom stereocenters. The molecular formula is C15H25F3N2O2. The molecule has 2 rings (SSSR count). The van der Waals surface area contributed by atoms with Crippen molar-refractivity contribution >= 4 is 5.91 Å². The smallest absolute Gasteiger partial charge is 0.382 e. The van der Waals surface area contributed by atoms with Gasteiger partial charge in [0, 0.05) is 19.1 Å². The van der Waals surface area contributed by atoms with Gasteiger partial charge in [0.1, 0.15) is 0 Å². The topological polar surface area (TPSA) is 52.6 Å². The Labute approximate surface area is 129 Å². The highest BCUT2D eigenvalue weighted by Crippen LogP contribution is 2.24. The maximum atomic E-state index is 12.4. The van der Waals surface area contributed by atoms with E-state index in [4.69, 9.17) is 5.11 Å². The molecule has 1 saturated carbocycles. The zero-order chi connectivity index (χ0) is 16.2. The Hall–Kier alpha value is -0.820. The van der Waals surface area contributed by atoms with Crippen LogP contribution in [0.15, 0.2) is 0 Å². The third kappa shape index (κ3) is 5.12. The van der Waals surface area contributed by atoms with Crippen molar-refractivity contribution in [2.45, 2.75) is 63.3 Å². The second-order valence-electron chi connectivity index (χ2n) is 6.50. The molecule has 1 aliphatic carbocycles. The SMILES string of the molecule is O=C(NC1CCCCC1)C1CCCN(CC(O)C(F)(F)F)C1. The van der Waals surface area contributed by atoms with E-state index in [0.29, 0.717) is 25.9 Å². The van der Waals surface area contributed by atoms with Crippen molar-refractivity contribution in [3.63, 3.8) is 0 Å². The molecule has 2 aliphatic rings. The molecule has 22 heavy (non-hydrogen) atoms. The van der Waals surface area contributed by atoms with Gasteiger partial charge in [-0.2, -0.15) is 13.2 Å². The molecular weight excluding hydrogens is 297 g/mol. The van der Waals surface area contributed by atoms with Gasteiger partial charge >= 0.3 is 6.18 Å². The number of carbonyl (C=O) groups is 1. The van der Waals surface area contributed by atoms with E-state index in [1.54, 1.807) is 4.90 Å². The highest BCUT2D eigenvalue weighted by atomic mass is 19.4. The Morgan fingerprint density at radius 3 is 2.50 bits per heavy atom. The van der Waals surface area contributed by atoms with Gasteiger partial charge in [-0.05, 0) is 32.2 Å². The van der Waals surface area contributed by atoms with Crippen LogP contribution in [0.5, 0.6) is 0 Å². The van der Waals surface area contributed by atoms with Crippen LogP contribution in [0, 0.1) is 5.92 Å². The number of nitrogens with one attached hydrogen (secondary N) is 1. The summed E-state index contributed by atoms with van der Waals surface area (Å²) >= 11 is 0. The lowest BCUT2D eigenvalue weighted by atomic mass is 9.93. The molecule has 1 heterocycles. The molecule has 0 aromatic heterocycles. The van der Waals surface area contributed by atoms with Crippen LogP contribution in [0.2, 0.25) is 0 Å². The Morgan fingerprint density at radius 1 is 1.18 bits per heavy atom. The lowest BCUT2D eigenvalue weighted by molar-refractivity contribution is -0.209. The molecule has 0 aromatic rings. The fourth-order valence-electron chi connectivity index (χ4n) is 3.35. The van der Waals surface area contributed by atoms with Crippen LogP contribution in [0.3, 0.4) is 0 Å². The van der Waals surface area contributed by atoms with Gasteiger partial charge in [-0.3, -0.25) is 9.69 Å². The summed E-state index contributed by atoms with van der Waals surface area (Å²) in [7, 11) is 0. The van der Waals surface area contributed by atoms with Crippen molar-refractivity contribution in [1.29, 1.82) is 0 Å². The molecule has 2 unspecified atom stereocenters. The molecule has 1 saturated heterocycles. The van der Waals surface area contributed by atoms with Gasteiger partial charge in [0.05, 0.1) is 5.92 Å². The van der Waals surface area contributed by atoms with E-state index < -0.39 is 18.8 Å². The van der Waals surface area contributed by atoms with Gasteiger partial charge in [-0.15, -0.1) is 0 Å². The van der Waals surface area contributed by atoms with Crippen LogP contribution in [0.1, 0.15) is 44.9 Å². The first-order valence-corrected chi connectivity index (χ1v) is 8.14. The maximum absolute atomic E-state index is 12.4. The fraction of sp³-hybridized carbons (Fsp3) is 0.933. The van der Waals surface area contributed by atoms with Gasteiger partial charge < -0.3 is 10.4 Å². The second kappa shape index (κ2) is 7.64. The van der Waals surface area contributed by atoms with Crippen molar-refractivity contribution in [2.75, 3.05) is 19.6 Å². The molecule has 0 aromatic carbocycles. The summed E-state index contributed by atoms with van der Waals surface area (Å²) in [6.07, 6.45) is -0.100. The van der Waals surface area contributed by atoms with Crippen molar-refractivity contribution in [2.24, 2.45) is 5.92 Å². The maximum Gasteiger partial charge on any atom is 0.415 e. The number of halogens is 3. The number of likely N-dealkylation sites (tertiary alicyclic amines) is 1. The number of nitrogens with zero attached hydrogens (tertiary/aromatic N) is 1. The first kappa shape index (κ1) is 17.5.